The van der Waals surface area contributed by atoms with Crippen molar-refractivity contribution in [1.82, 2.24) is 24.8 Å². The number of carbonyl (C=O) groups is 1. The van der Waals surface area contributed by atoms with Crippen molar-refractivity contribution < 1.29 is 9.32 Å². The molecule has 0 N–H and O–H groups in total. The zero-order valence-corrected chi connectivity index (χ0v) is 14.2. The Kier molecular flexibility index (Phi) is 4.18. The van der Waals surface area contributed by atoms with Crippen LogP contribution in [0.5, 0.6) is 0 Å². The van der Waals surface area contributed by atoms with Gasteiger partial charge in [-0.3, -0.25) is 14.5 Å². The predicted octanol–water partition coefficient (Wildman–Crippen LogP) is 2.74. The van der Waals surface area contributed by atoms with Gasteiger partial charge in [0.05, 0.1) is 12.1 Å². The highest BCUT2D eigenvalue weighted by Crippen LogP contribution is 2.19. The van der Waals surface area contributed by atoms with Gasteiger partial charge in [0.2, 0.25) is 5.91 Å². The van der Waals surface area contributed by atoms with Gasteiger partial charge in [-0.15, -0.1) is 0 Å². The molecule has 0 aliphatic carbocycles. The highest BCUT2D eigenvalue weighted by molar-refractivity contribution is 5.79. The molecule has 26 heavy (non-hydrogen) atoms. The van der Waals surface area contributed by atoms with E-state index in [-0.39, 0.29) is 12.5 Å². The number of hydrogen-bond donors (Lipinski definition) is 0. The van der Waals surface area contributed by atoms with Gasteiger partial charge in [-0.1, -0.05) is 23.4 Å². The number of carbonyl (C=O) groups excluding carboxylic acids is 1. The Morgan fingerprint density at radius 2 is 2.00 bits per heavy atom. The molecule has 0 spiro atoms. The van der Waals surface area contributed by atoms with Gasteiger partial charge >= 0.3 is 0 Å². The Labute approximate surface area is 149 Å². The van der Waals surface area contributed by atoms with E-state index >= 15 is 0 Å². The molecule has 0 saturated carbocycles. The fourth-order valence-corrected chi connectivity index (χ4v) is 2.72. The Bertz CT molecular complexity index is 1010. The van der Waals surface area contributed by atoms with Crippen LogP contribution in [0, 0.1) is 0 Å². The van der Waals surface area contributed by atoms with Crippen molar-refractivity contribution >= 4 is 16.8 Å². The predicted molar refractivity (Wildman–Crippen MR) is 95.9 cm³/mol. The number of aromatic nitrogens is 4. The minimum absolute atomic E-state index is 0.0559. The molecule has 3 aromatic heterocycles. The minimum Gasteiger partial charge on any atom is -0.359 e. The van der Waals surface area contributed by atoms with Crippen molar-refractivity contribution in [3.8, 4) is 11.3 Å². The van der Waals surface area contributed by atoms with Gasteiger partial charge in [-0.05, 0) is 18.2 Å². The molecule has 0 aliphatic rings. The first-order valence-corrected chi connectivity index (χ1v) is 8.21. The normalized spacial score (nSPS) is 11.0. The Morgan fingerprint density at radius 3 is 2.81 bits per heavy atom. The van der Waals surface area contributed by atoms with E-state index in [4.69, 9.17) is 4.52 Å². The minimum atomic E-state index is -0.0559. The molecule has 0 saturated heterocycles. The average molecular weight is 347 g/mol. The van der Waals surface area contributed by atoms with Crippen LogP contribution < -0.4 is 0 Å². The van der Waals surface area contributed by atoms with Crippen LogP contribution in [0.2, 0.25) is 0 Å². The monoisotopic (exact) mass is 347 g/mol. The number of pyridine rings is 1. The molecule has 7 nitrogen and oxygen atoms in total. The number of benzene rings is 1. The summed E-state index contributed by atoms with van der Waals surface area (Å²) >= 11 is 0. The molecule has 130 valence electrons. The summed E-state index contributed by atoms with van der Waals surface area (Å²) in [5, 5.41) is 9.48. The second-order valence-corrected chi connectivity index (χ2v) is 6.05. The highest BCUT2D eigenvalue weighted by atomic mass is 16.5. The number of nitrogens with zero attached hydrogens (tertiary/aromatic N) is 5. The zero-order valence-electron chi connectivity index (χ0n) is 14.2. The van der Waals surface area contributed by atoms with Crippen LogP contribution in [-0.4, -0.2) is 37.8 Å². The van der Waals surface area contributed by atoms with Gasteiger partial charge in [-0.25, -0.2) is 0 Å². The fourth-order valence-electron chi connectivity index (χ4n) is 2.72. The fraction of sp³-hybridized carbons (Fsp3) is 0.158. The standard InChI is InChI=1S/C19H17N5O2/c1-23(12-16-10-18(22-26-16)14-6-8-20-9-7-14)19(25)13-24-11-15-4-2-3-5-17(15)21-24/h2-11H,12-13H2,1H3. The van der Waals surface area contributed by atoms with Crippen LogP contribution in [0.4, 0.5) is 0 Å². The molecule has 1 amide bonds. The maximum absolute atomic E-state index is 12.5. The van der Waals surface area contributed by atoms with Crippen LogP contribution in [0.25, 0.3) is 22.2 Å². The van der Waals surface area contributed by atoms with E-state index in [1.807, 2.05) is 48.7 Å². The first-order chi connectivity index (χ1) is 12.7. The van der Waals surface area contributed by atoms with Crippen LogP contribution in [0.3, 0.4) is 0 Å². The summed E-state index contributed by atoms with van der Waals surface area (Å²) in [6.07, 6.45) is 5.28. The van der Waals surface area contributed by atoms with E-state index in [0.717, 1.165) is 22.2 Å². The van der Waals surface area contributed by atoms with Gasteiger partial charge in [0.15, 0.2) is 5.76 Å². The van der Waals surface area contributed by atoms with Crippen molar-refractivity contribution in [1.29, 1.82) is 0 Å². The van der Waals surface area contributed by atoms with E-state index in [0.29, 0.717) is 12.3 Å². The maximum Gasteiger partial charge on any atom is 0.244 e. The number of amides is 1. The van der Waals surface area contributed by atoms with Gasteiger partial charge in [0, 0.05) is 42.7 Å². The Balaban J connectivity index is 1.42. The van der Waals surface area contributed by atoms with E-state index in [9.17, 15) is 4.79 Å². The summed E-state index contributed by atoms with van der Waals surface area (Å²) in [5.74, 6) is 0.568. The summed E-state index contributed by atoms with van der Waals surface area (Å²) < 4.78 is 7.01. The largest absolute Gasteiger partial charge is 0.359 e. The van der Waals surface area contributed by atoms with Gasteiger partial charge in [-0.2, -0.15) is 5.10 Å². The topological polar surface area (TPSA) is 77.0 Å². The molecular weight excluding hydrogens is 330 g/mol. The van der Waals surface area contributed by atoms with Crippen molar-refractivity contribution in [2.75, 3.05) is 7.05 Å². The van der Waals surface area contributed by atoms with E-state index < -0.39 is 0 Å². The molecular formula is C19H17N5O2. The number of rotatable bonds is 5. The summed E-state index contributed by atoms with van der Waals surface area (Å²) in [4.78, 5) is 18.1. The van der Waals surface area contributed by atoms with Gasteiger partial charge < -0.3 is 9.42 Å². The summed E-state index contributed by atoms with van der Waals surface area (Å²) in [5.41, 5.74) is 2.52. The molecule has 1 aromatic carbocycles. The van der Waals surface area contributed by atoms with Crippen LogP contribution in [-0.2, 0) is 17.9 Å². The second-order valence-electron chi connectivity index (χ2n) is 6.05. The molecule has 4 aromatic rings. The third-order valence-electron chi connectivity index (χ3n) is 4.11. The Hall–Kier alpha value is -3.48. The molecule has 0 atom stereocenters. The summed E-state index contributed by atoms with van der Waals surface area (Å²) in [7, 11) is 1.74. The highest BCUT2D eigenvalue weighted by Gasteiger charge is 2.14. The molecule has 0 unspecified atom stereocenters. The first-order valence-electron chi connectivity index (χ1n) is 8.21. The second kappa shape index (κ2) is 6.79. The van der Waals surface area contributed by atoms with Crippen molar-refractivity contribution in [3.05, 3.63) is 66.8 Å². The molecule has 4 rings (SSSR count). The smallest absolute Gasteiger partial charge is 0.244 e. The Morgan fingerprint density at radius 1 is 1.19 bits per heavy atom. The van der Waals surface area contributed by atoms with Crippen molar-refractivity contribution in [2.45, 2.75) is 13.1 Å². The first kappa shape index (κ1) is 16.0. The number of hydrogen-bond acceptors (Lipinski definition) is 5. The molecule has 7 heteroatoms. The number of fused-ring (bicyclic) bond motifs is 1. The molecule has 3 heterocycles. The summed E-state index contributed by atoms with van der Waals surface area (Å²) in [6, 6.07) is 13.3. The quantitative estimate of drug-likeness (QED) is 0.555. The van der Waals surface area contributed by atoms with E-state index in [1.54, 1.807) is 29.0 Å². The SMILES string of the molecule is CN(Cc1cc(-c2ccncc2)no1)C(=O)Cn1cc2ccccc2n1. The average Bonchev–Trinajstić information content (AvgIpc) is 3.28. The third-order valence-corrected chi connectivity index (χ3v) is 4.11. The lowest BCUT2D eigenvalue weighted by Crippen LogP contribution is -2.29. The third kappa shape index (κ3) is 3.32. The van der Waals surface area contributed by atoms with Crippen molar-refractivity contribution in [3.63, 3.8) is 0 Å². The van der Waals surface area contributed by atoms with Crippen LogP contribution in [0.1, 0.15) is 5.76 Å². The van der Waals surface area contributed by atoms with Gasteiger partial charge in [0.25, 0.3) is 0 Å². The zero-order chi connectivity index (χ0) is 17.9. The van der Waals surface area contributed by atoms with Crippen molar-refractivity contribution in [2.24, 2.45) is 0 Å². The lowest BCUT2D eigenvalue weighted by atomic mass is 10.2. The molecule has 0 aliphatic heterocycles. The van der Waals surface area contributed by atoms with E-state index in [2.05, 4.69) is 15.2 Å². The summed E-state index contributed by atoms with van der Waals surface area (Å²) in [6.45, 7) is 0.522. The lowest BCUT2D eigenvalue weighted by Gasteiger charge is -2.15. The van der Waals surface area contributed by atoms with E-state index in [1.165, 1.54) is 0 Å². The van der Waals surface area contributed by atoms with Crippen LogP contribution >= 0.6 is 0 Å². The van der Waals surface area contributed by atoms with Crippen LogP contribution in [0.15, 0.2) is 65.6 Å². The molecule has 0 fully saturated rings. The number of likely N-dealkylation sites (N-methyl/N-ethyl adjacent to an activating group) is 1. The van der Waals surface area contributed by atoms with Gasteiger partial charge in [0.1, 0.15) is 12.2 Å². The molecule has 0 bridgehead atoms. The molecule has 0 radical (unpaired) electrons. The maximum atomic E-state index is 12.5. The lowest BCUT2D eigenvalue weighted by molar-refractivity contribution is -0.131.